The lowest BCUT2D eigenvalue weighted by Crippen LogP contribution is -2.43. The van der Waals surface area contributed by atoms with Gasteiger partial charge in [-0.05, 0) is 43.9 Å². The number of rotatable bonds is 7. The highest BCUT2D eigenvalue weighted by Gasteiger charge is 2.51. The van der Waals surface area contributed by atoms with Gasteiger partial charge in [0.05, 0.1) is 6.04 Å². The molecule has 3 rings (SSSR count). The van der Waals surface area contributed by atoms with Crippen LogP contribution in [-0.2, 0) is 15.1 Å². The number of urea groups is 1. The number of carbonyl (C=O) groups is 3. The van der Waals surface area contributed by atoms with Gasteiger partial charge >= 0.3 is 6.03 Å². The molecule has 0 bridgehead atoms. The molecule has 1 saturated heterocycles. The standard InChI is InChI=1S/C22H27N3O4/c1-14(2)12-17(16-8-6-5-7-9-16)23-19(26)13-25-20(27)22(4,24-21(25)28)18-11-10-15(3)29-18/h5-11,14,17H,12-13H2,1-4H3,(H,23,26)(H,24,28). The third-order valence-corrected chi connectivity index (χ3v) is 5.05. The van der Waals surface area contributed by atoms with Gasteiger partial charge in [-0.1, -0.05) is 44.2 Å². The molecule has 0 aliphatic carbocycles. The van der Waals surface area contributed by atoms with Crippen LogP contribution in [0.2, 0.25) is 0 Å². The van der Waals surface area contributed by atoms with Crippen molar-refractivity contribution < 1.29 is 18.8 Å². The number of furan rings is 1. The second kappa shape index (κ2) is 8.11. The van der Waals surface area contributed by atoms with E-state index in [4.69, 9.17) is 4.42 Å². The summed E-state index contributed by atoms with van der Waals surface area (Å²) in [4.78, 5) is 39.0. The predicted octanol–water partition coefficient (Wildman–Crippen LogP) is 3.26. The van der Waals surface area contributed by atoms with E-state index >= 15 is 0 Å². The summed E-state index contributed by atoms with van der Waals surface area (Å²) in [5, 5.41) is 5.61. The Morgan fingerprint density at radius 3 is 2.45 bits per heavy atom. The van der Waals surface area contributed by atoms with E-state index < -0.39 is 17.5 Å². The van der Waals surface area contributed by atoms with Crippen molar-refractivity contribution in [1.82, 2.24) is 15.5 Å². The molecule has 1 aliphatic heterocycles. The van der Waals surface area contributed by atoms with E-state index in [-0.39, 0.29) is 18.5 Å². The fourth-order valence-corrected chi connectivity index (χ4v) is 3.53. The van der Waals surface area contributed by atoms with Crippen LogP contribution in [0.15, 0.2) is 46.9 Å². The Balaban J connectivity index is 1.72. The first-order valence-electron chi connectivity index (χ1n) is 9.76. The first-order chi connectivity index (χ1) is 13.7. The Hall–Kier alpha value is -3.09. The Labute approximate surface area is 170 Å². The van der Waals surface area contributed by atoms with Crippen LogP contribution < -0.4 is 10.6 Å². The van der Waals surface area contributed by atoms with Gasteiger partial charge < -0.3 is 15.1 Å². The summed E-state index contributed by atoms with van der Waals surface area (Å²) in [5.41, 5.74) is -0.329. The van der Waals surface area contributed by atoms with Crippen LogP contribution in [0.5, 0.6) is 0 Å². The molecular formula is C22H27N3O4. The van der Waals surface area contributed by atoms with E-state index in [0.29, 0.717) is 17.4 Å². The smallest absolute Gasteiger partial charge is 0.325 e. The first kappa shape index (κ1) is 20.6. The van der Waals surface area contributed by atoms with Crippen LogP contribution in [0.4, 0.5) is 4.79 Å². The van der Waals surface area contributed by atoms with Crippen LogP contribution in [0.25, 0.3) is 0 Å². The molecule has 2 heterocycles. The molecule has 2 unspecified atom stereocenters. The quantitative estimate of drug-likeness (QED) is 0.702. The average Bonchev–Trinajstić information content (AvgIpc) is 3.20. The zero-order valence-corrected chi connectivity index (χ0v) is 17.2. The molecule has 0 saturated carbocycles. The topological polar surface area (TPSA) is 91.7 Å². The maximum absolute atomic E-state index is 12.9. The van der Waals surface area contributed by atoms with Crippen molar-refractivity contribution in [2.45, 2.75) is 45.7 Å². The van der Waals surface area contributed by atoms with E-state index in [1.54, 1.807) is 26.0 Å². The molecule has 4 amide bonds. The Morgan fingerprint density at radius 2 is 1.86 bits per heavy atom. The van der Waals surface area contributed by atoms with Gasteiger partial charge in [-0.15, -0.1) is 0 Å². The summed E-state index contributed by atoms with van der Waals surface area (Å²) in [7, 11) is 0. The van der Waals surface area contributed by atoms with Gasteiger partial charge in [0.1, 0.15) is 18.1 Å². The van der Waals surface area contributed by atoms with Crippen LogP contribution in [0.3, 0.4) is 0 Å². The Morgan fingerprint density at radius 1 is 1.17 bits per heavy atom. The summed E-state index contributed by atoms with van der Waals surface area (Å²) in [6, 6.07) is 12.3. The number of hydrogen-bond acceptors (Lipinski definition) is 4. The van der Waals surface area contributed by atoms with Gasteiger partial charge in [0.15, 0.2) is 5.54 Å². The molecule has 1 aliphatic rings. The number of benzene rings is 1. The van der Waals surface area contributed by atoms with E-state index in [1.165, 1.54) is 0 Å². The largest absolute Gasteiger partial charge is 0.463 e. The lowest BCUT2D eigenvalue weighted by Gasteiger charge is -2.23. The fourth-order valence-electron chi connectivity index (χ4n) is 3.53. The predicted molar refractivity (Wildman–Crippen MR) is 108 cm³/mol. The summed E-state index contributed by atoms with van der Waals surface area (Å²) in [6.07, 6.45) is 0.749. The summed E-state index contributed by atoms with van der Waals surface area (Å²) < 4.78 is 5.55. The van der Waals surface area contributed by atoms with E-state index in [1.807, 2.05) is 30.3 Å². The highest BCUT2D eigenvalue weighted by atomic mass is 16.3. The molecule has 7 heteroatoms. The number of hydrogen-bond donors (Lipinski definition) is 2. The van der Waals surface area contributed by atoms with E-state index in [2.05, 4.69) is 24.5 Å². The number of aryl methyl sites for hydroxylation is 1. The van der Waals surface area contributed by atoms with Crippen molar-refractivity contribution in [1.29, 1.82) is 0 Å². The molecule has 2 N–H and O–H groups in total. The summed E-state index contributed by atoms with van der Waals surface area (Å²) in [6.45, 7) is 7.15. The lowest BCUT2D eigenvalue weighted by molar-refractivity contribution is -0.135. The Kier molecular flexibility index (Phi) is 5.77. The molecule has 2 aromatic rings. The molecule has 29 heavy (non-hydrogen) atoms. The lowest BCUT2D eigenvalue weighted by atomic mass is 9.97. The van der Waals surface area contributed by atoms with Crippen LogP contribution >= 0.6 is 0 Å². The first-order valence-corrected chi connectivity index (χ1v) is 9.76. The van der Waals surface area contributed by atoms with Crippen LogP contribution in [0.1, 0.15) is 50.3 Å². The SMILES string of the molecule is Cc1ccc(C2(C)NC(=O)N(CC(=O)NC(CC(C)C)c3ccccc3)C2=O)o1. The molecule has 1 fully saturated rings. The molecule has 1 aromatic heterocycles. The van der Waals surface area contributed by atoms with Gasteiger partial charge in [0, 0.05) is 0 Å². The van der Waals surface area contributed by atoms with Gasteiger partial charge in [-0.3, -0.25) is 14.5 Å². The summed E-state index contributed by atoms with van der Waals surface area (Å²) >= 11 is 0. The fraction of sp³-hybridized carbons (Fsp3) is 0.409. The minimum atomic E-state index is -1.32. The van der Waals surface area contributed by atoms with Crippen molar-refractivity contribution in [3.8, 4) is 0 Å². The third-order valence-electron chi connectivity index (χ3n) is 5.05. The van der Waals surface area contributed by atoms with Crippen LogP contribution in [0, 0.1) is 12.8 Å². The maximum atomic E-state index is 12.9. The highest BCUT2D eigenvalue weighted by molar-refractivity contribution is 6.08. The number of amides is 4. The monoisotopic (exact) mass is 397 g/mol. The van der Waals surface area contributed by atoms with Gasteiger partial charge in [-0.2, -0.15) is 0 Å². The van der Waals surface area contributed by atoms with Crippen molar-refractivity contribution in [2.24, 2.45) is 5.92 Å². The molecule has 2 atom stereocenters. The normalized spacial score (nSPS) is 20.1. The molecular weight excluding hydrogens is 370 g/mol. The van der Waals surface area contributed by atoms with Gasteiger partial charge in [0.2, 0.25) is 5.91 Å². The second-order valence-electron chi connectivity index (χ2n) is 8.02. The number of nitrogens with one attached hydrogen (secondary N) is 2. The van der Waals surface area contributed by atoms with Crippen molar-refractivity contribution >= 4 is 17.8 Å². The maximum Gasteiger partial charge on any atom is 0.325 e. The number of imide groups is 1. The van der Waals surface area contributed by atoms with Crippen molar-refractivity contribution in [3.05, 3.63) is 59.5 Å². The zero-order valence-electron chi connectivity index (χ0n) is 17.2. The Bertz CT molecular complexity index is 906. The zero-order chi connectivity index (χ0) is 21.2. The van der Waals surface area contributed by atoms with Gasteiger partial charge in [-0.25, -0.2) is 4.79 Å². The minimum Gasteiger partial charge on any atom is -0.463 e. The minimum absolute atomic E-state index is 0.191. The second-order valence-corrected chi connectivity index (χ2v) is 8.02. The molecule has 0 spiro atoms. The third kappa shape index (κ3) is 4.34. The van der Waals surface area contributed by atoms with Crippen molar-refractivity contribution in [2.75, 3.05) is 6.54 Å². The van der Waals surface area contributed by atoms with E-state index in [0.717, 1.165) is 16.9 Å². The summed E-state index contributed by atoms with van der Waals surface area (Å²) in [5.74, 6) is 0.454. The molecule has 1 aromatic carbocycles. The average molecular weight is 397 g/mol. The van der Waals surface area contributed by atoms with Crippen LogP contribution in [-0.4, -0.2) is 29.3 Å². The highest BCUT2D eigenvalue weighted by Crippen LogP contribution is 2.30. The van der Waals surface area contributed by atoms with Gasteiger partial charge in [0.25, 0.3) is 5.91 Å². The number of nitrogens with zero attached hydrogens (tertiary/aromatic N) is 1. The molecule has 154 valence electrons. The molecule has 7 nitrogen and oxygen atoms in total. The van der Waals surface area contributed by atoms with E-state index in [9.17, 15) is 14.4 Å². The molecule has 0 radical (unpaired) electrons. The van der Waals surface area contributed by atoms with Crippen molar-refractivity contribution in [3.63, 3.8) is 0 Å². The number of carbonyl (C=O) groups excluding carboxylic acids is 3.